The highest BCUT2D eigenvalue weighted by Gasteiger charge is 2.06. The summed E-state index contributed by atoms with van der Waals surface area (Å²) in [5, 5.41) is 10.0. The van der Waals surface area contributed by atoms with E-state index < -0.39 is 0 Å². The van der Waals surface area contributed by atoms with Crippen molar-refractivity contribution in [2.45, 2.75) is 19.9 Å². The number of nitrogens with one attached hydrogen (secondary N) is 1. The minimum absolute atomic E-state index is 0.0855. The van der Waals surface area contributed by atoms with E-state index in [0.29, 0.717) is 12.4 Å². The van der Waals surface area contributed by atoms with Crippen LogP contribution in [-0.4, -0.2) is 26.5 Å². The maximum atomic E-state index is 11.1. The Labute approximate surface area is 81.3 Å². The molecule has 0 aliphatic carbocycles. The van der Waals surface area contributed by atoms with Gasteiger partial charge in [0, 0.05) is 7.05 Å². The normalized spacial score (nSPS) is 9.86. The molecule has 0 aliphatic rings. The second-order valence-electron chi connectivity index (χ2n) is 3.01. The molecule has 1 heterocycles. The van der Waals surface area contributed by atoms with Crippen molar-refractivity contribution in [3.63, 3.8) is 0 Å². The lowest BCUT2D eigenvalue weighted by atomic mass is 10.3. The van der Waals surface area contributed by atoms with Gasteiger partial charge >= 0.3 is 0 Å². The lowest BCUT2D eigenvalue weighted by molar-refractivity contribution is -0.127. The fraction of sp³-hybridized carbons (Fsp3) is 0.500. The average Bonchev–Trinajstić information content (AvgIpc) is 2.46. The highest BCUT2D eigenvalue weighted by molar-refractivity contribution is 5.96. The van der Waals surface area contributed by atoms with Gasteiger partial charge in [-0.1, -0.05) is 0 Å². The second-order valence-corrected chi connectivity index (χ2v) is 3.01. The van der Waals surface area contributed by atoms with Gasteiger partial charge in [0.1, 0.15) is 12.1 Å². The Morgan fingerprint density at radius 3 is 2.79 bits per heavy atom. The summed E-state index contributed by atoms with van der Waals surface area (Å²) in [5.74, 6) is 0.211. The maximum Gasteiger partial charge on any atom is 0.227 e. The first-order valence-electron chi connectivity index (χ1n) is 4.18. The molecular weight excluding hydrogens is 184 g/mol. The zero-order chi connectivity index (χ0) is 10.6. The molecule has 0 aromatic carbocycles. The van der Waals surface area contributed by atoms with E-state index >= 15 is 0 Å². The molecule has 0 spiro atoms. The van der Waals surface area contributed by atoms with E-state index in [1.807, 2.05) is 0 Å². The van der Waals surface area contributed by atoms with E-state index in [1.54, 1.807) is 17.9 Å². The molecule has 0 radical (unpaired) electrons. The van der Waals surface area contributed by atoms with Crippen LogP contribution < -0.4 is 5.32 Å². The van der Waals surface area contributed by atoms with Gasteiger partial charge in [-0.25, -0.2) is 0 Å². The largest absolute Gasteiger partial charge is 0.348 e. The third kappa shape index (κ3) is 2.96. The molecule has 0 atom stereocenters. The first-order valence-corrected chi connectivity index (χ1v) is 4.18. The Morgan fingerprint density at radius 1 is 1.57 bits per heavy atom. The summed E-state index contributed by atoms with van der Waals surface area (Å²) in [5.41, 5.74) is 0. The van der Waals surface area contributed by atoms with Crippen LogP contribution in [0.25, 0.3) is 0 Å². The Kier molecular flexibility index (Phi) is 3.33. The second kappa shape index (κ2) is 4.50. The summed E-state index contributed by atoms with van der Waals surface area (Å²) in [6.07, 6.45) is 1.46. The molecule has 14 heavy (non-hydrogen) atoms. The number of nitrogens with zero attached hydrogens (tertiary/aromatic N) is 3. The molecule has 1 aromatic heterocycles. The summed E-state index contributed by atoms with van der Waals surface area (Å²) in [4.78, 5) is 21.7. The number of rotatable bonds is 4. The van der Waals surface area contributed by atoms with Crippen LogP contribution in [0.4, 0.5) is 0 Å². The number of carbonyl (C=O) groups excluding carboxylic acids is 2. The Bertz CT molecular complexity index is 345. The number of carbonyl (C=O) groups is 2. The number of amides is 1. The molecule has 1 rings (SSSR count). The van der Waals surface area contributed by atoms with E-state index in [4.69, 9.17) is 0 Å². The Morgan fingerprint density at radius 2 is 2.29 bits per heavy atom. The zero-order valence-corrected chi connectivity index (χ0v) is 8.15. The van der Waals surface area contributed by atoms with E-state index in [9.17, 15) is 9.59 Å². The molecule has 76 valence electrons. The highest BCUT2D eigenvalue weighted by atomic mass is 16.2. The number of Topliss-reactive ketones (excluding diaryl/α,β-unsaturated/α-hetero) is 1. The van der Waals surface area contributed by atoms with Gasteiger partial charge in [0.25, 0.3) is 0 Å². The molecular formula is C8H12N4O2. The molecule has 0 aliphatic heterocycles. The van der Waals surface area contributed by atoms with Crippen LogP contribution in [-0.2, 0) is 23.2 Å². The van der Waals surface area contributed by atoms with Crippen LogP contribution in [0.15, 0.2) is 6.33 Å². The number of aromatic nitrogens is 3. The Hall–Kier alpha value is -1.72. The summed E-state index contributed by atoms with van der Waals surface area (Å²) in [6.45, 7) is 1.67. The van der Waals surface area contributed by atoms with Crippen LogP contribution in [0.5, 0.6) is 0 Å². The van der Waals surface area contributed by atoms with Crippen molar-refractivity contribution in [3.8, 4) is 0 Å². The number of aryl methyl sites for hydroxylation is 1. The fourth-order valence-corrected chi connectivity index (χ4v) is 0.933. The van der Waals surface area contributed by atoms with Crippen molar-refractivity contribution in [3.05, 3.63) is 12.2 Å². The zero-order valence-electron chi connectivity index (χ0n) is 8.15. The van der Waals surface area contributed by atoms with E-state index in [2.05, 4.69) is 15.5 Å². The van der Waals surface area contributed by atoms with Gasteiger partial charge in [-0.15, -0.1) is 10.2 Å². The fourth-order valence-electron chi connectivity index (χ4n) is 0.933. The molecule has 1 amide bonds. The van der Waals surface area contributed by atoms with Crippen molar-refractivity contribution >= 4 is 11.7 Å². The van der Waals surface area contributed by atoms with Gasteiger partial charge in [-0.2, -0.15) is 0 Å². The van der Waals surface area contributed by atoms with Crippen molar-refractivity contribution in [2.75, 3.05) is 0 Å². The lowest BCUT2D eigenvalue weighted by Crippen LogP contribution is -2.25. The summed E-state index contributed by atoms with van der Waals surface area (Å²) in [6, 6.07) is 0. The highest BCUT2D eigenvalue weighted by Crippen LogP contribution is 1.90. The monoisotopic (exact) mass is 196 g/mol. The van der Waals surface area contributed by atoms with Gasteiger partial charge in [0.15, 0.2) is 5.82 Å². The topological polar surface area (TPSA) is 76.9 Å². The summed E-state index contributed by atoms with van der Waals surface area (Å²) < 4.78 is 1.70. The molecule has 0 bridgehead atoms. The van der Waals surface area contributed by atoms with Crippen molar-refractivity contribution in [1.82, 2.24) is 20.1 Å². The smallest absolute Gasteiger partial charge is 0.227 e. The predicted molar refractivity (Wildman–Crippen MR) is 48.1 cm³/mol. The van der Waals surface area contributed by atoms with Crippen LogP contribution in [0.1, 0.15) is 19.2 Å². The Balaban J connectivity index is 2.38. The summed E-state index contributed by atoms with van der Waals surface area (Å²) in [7, 11) is 1.78. The maximum absolute atomic E-state index is 11.1. The molecule has 1 aromatic rings. The first-order chi connectivity index (χ1) is 6.59. The minimum atomic E-state index is -0.291. The quantitative estimate of drug-likeness (QED) is 0.653. The average molecular weight is 196 g/mol. The van der Waals surface area contributed by atoms with Gasteiger partial charge < -0.3 is 9.88 Å². The van der Waals surface area contributed by atoms with Crippen molar-refractivity contribution in [2.24, 2.45) is 7.05 Å². The van der Waals surface area contributed by atoms with Crippen LogP contribution >= 0.6 is 0 Å². The van der Waals surface area contributed by atoms with E-state index in [1.165, 1.54) is 6.92 Å². The predicted octanol–water partition coefficient (Wildman–Crippen LogP) is -0.590. The van der Waals surface area contributed by atoms with Crippen LogP contribution in [0.3, 0.4) is 0 Å². The lowest BCUT2D eigenvalue weighted by Gasteiger charge is -2.02. The molecule has 0 saturated carbocycles. The number of ketones is 1. The SMILES string of the molecule is CC(=O)CC(=O)NCc1nncn1C. The molecule has 0 saturated heterocycles. The van der Waals surface area contributed by atoms with Gasteiger partial charge in [-0.3, -0.25) is 9.59 Å². The van der Waals surface area contributed by atoms with Crippen LogP contribution in [0.2, 0.25) is 0 Å². The van der Waals surface area contributed by atoms with Gasteiger partial charge in [0.05, 0.1) is 13.0 Å². The molecule has 6 heteroatoms. The molecule has 1 N–H and O–H groups in total. The number of hydrogen-bond acceptors (Lipinski definition) is 4. The van der Waals surface area contributed by atoms with Gasteiger partial charge in [0.2, 0.25) is 5.91 Å². The van der Waals surface area contributed by atoms with E-state index in [-0.39, 0.29) is 18.1 Å². The first kappa shape index (κ1) is 10.4. The van der Waals surface area contributed by atoms with Gasteiger partial charge in [-0.05, 0) is 6.92 Å². The summed E-state index contributed by atoms with van der Waals surface area (Å²) >= 11 is 0. The standard InChI is InChI=1S/C8H12N4O2/c1-6(13)3-8(14)9-4-7-11-10-5-12(7)2/h5H,3-4H2,1-2H3,(H,9,14). The van der Waals surface area contributed by atoms with Crippen LogP contribution in [0, 0.1) is 0 Å². The molecule has 0 unspecified atom stereocenters. The van der Waals surface area contributed by atoms with Crippen molar-refractivity contribution in [1.29, 1.82) is 0 Å². The molecule has 6 nitrogen and oxygen atoms in total. The van der Waals surface area contributed by atoms with Crippen molar-refractivity contribution < 1.29 is 9.59 Å². The van der Waals surface area contributed by atoms with E-state index in [0.717, 1.165) is 0 Å². The molecule has 0 fully saturated rings. The number of hydrogen-bond donors (Lipinski definition) is 1. The minimum Gasteiger partial charge on any atom is -0.348 e. The third-order valence-electron chi connectivity index (χ3n) is 1.66. The third-order valence-corrected chi connectivity index (χ3v) is 1.66.